The highest BCUT2D eigenvalue weighted by molar-refractivity contribution is 5.40. The van der Waals surface area contributed by atoms with Gasteiger partial charge in [-0.3, -0.25) is 4.90 Å². The number of nitrogens with zero attached hydrogens (tertiary/aromatic N) is 5. The molecule has 1 aliphatic rings. The topological polar surface area (TPSA) is 58.3 Å². The van der Waals surface area contributed by atoms with Gasteiger partial charge in [-0.25, -0.2) is 4.98 Å². The van der Waals surface area contributed by atoms with Gasteiger partial charge in [-0.15, -0.1) is 0 Å². The fourth-order valence-corrected chi connectivity index (χ4v) is 2.92. The van der Waals surface area contributed by atoms with Crippen LogP contribution in [0.4, 0.5) is 19.0 Å². The van der Waals surface area contributed by atoms with Gasteiger partial charge in [0, 0.05) is 37.8 Å². The minimum Gasteiger partial charge on any atom is -0.355 e. The summed E-state index contributed by atoms with van der Waals surface area (Å²) in [6.45, 7) is 9.69. The molecule has 0 aromatic carbocycles. The van der Waals surface area contributed by atoms with Gasteiger partial charge in [-0.2, -0.15) is 18.2 Å². The zero-order chi connectivity index (χ0) is 19.7. The Kier molecular flexibility index (Phi) is 5.41. The fraction of sp³-hybridized carbons (Fsp3) is 0.611. The zero-order valence-electron chi connectivity index (χ0n) is 15.8. The number of halogens is 3. The van der Waals surface area contributed by atoms with E-state index in [-0.39, 0.29) is 5.41 Å². The van der Waals surface area contributed by atoms with Crippen molar-refractivity contribution in [2.45, 2.75) is 45.3 Å². The first kappa shape index (κ1) is 19.6. The molecule has 3 heterocycles. The Morgan fingerprint density at radius 1 is 1.07 bits per heavy atom. The van der Waals surface area contributed by atoms with Crippen LogP contribution in [0.3, 0.4) is 0 Å². The number of hydrogen-bond acceptors (Lipinski definition) is 6. The van der Waals surface area contributed by atoms with Crippen LogP contribution in [0.1, 0.15) is 44.5 Å². The van der Waals surface area contributed by atoms with Gasteiger partial charge < -0.3 is 9.42 Å². The van der Waals surface area contributed by atoms with Gasteiger partial charge in [-0.1, -0.05) is 25.9 Å². The van der Waals surface area contributed by atoms with Crippen LogP contribution < -0.4 is 4.90 Å². The van der Waals surface area contributed by atoms with Crippen LogP contribution in [0, 0.1) is 0 Å². The molecule has 0 radical (unpaired) electrons. The number of alkyl halides is 3. The first-order valence-corrected chi connectivity index (χ1v) is 8.96. The summed E-state index contributed by atoms with van der Waals surface area (Å²) in [5.74, 6) is 1.84. The molecule has 6 nitrogen and oxygen atoms in total. The largest absolute Gasteiger partial charge is 0.417 e. The second-order valence-corrected chi connectivity index (χ2v) is 7.79. The predicted molar refractivity (Wildman–Crippen MR) is 94.3 cm³/mol. The third-order valence-electron chi connectivity index (χ3n) is 4.46. The molecule has 1 fully saturated rings. The smallest absolute Gasteiger partial charge is 0.355 e. The molecule has 0 saturated carbocycles. The van der Waals surface area contributed by atoms with Gasteiger partial charge in [-0.05, 0) is 18.6 Å². The summed E-state index contributed by atoms with van der Waals surface area (Å²) in [6.07, 6.45) is -2.59. The molecule has 3 rings (SSSR count). The molecule has 2 aromatic rings. The molecular weight excluding hydrogens is 359 g/mol. The van der Waals surface area contributed by atoms with E-state index >= 15 is 0 Å². The van der Waals surface area contributed by atoms with Gasteiger partial charge in [0.15, 0.2) is 5.82 Å². The van der Waals surface area contributed by atoms with Gasteiger partial charge in [0.25, 0.3) is 0 Å². The van der Waals surface area contributed by atoms with E-state index in [9.17, 15) is 13.2 Å². The zero-order valence-corrected chi connectivity index (χ0v) is 15.8. The van der Waals surface area contributed by atoms with Crippen LogP contribution >= 0.6 is 0 Å². The van der Waals surface area contributed by atoms with Crippen molar-refractivity contribution in [1.82, 2.24) is 20.0 Å². The summed E-state index contributed by atoms with van der Waals surface area (Å²) < 4.78 is 43.4. The van der Waals surface area contributed by atoms with Crippen molar-refractivity contribution in [3.8, 4) is 0 Å². The Balaban J connectivity index is 1.59. The predicted octanol–water partition coefficient (Wildman–Crippen LogP) is 3.49. The van der Waals surface area contributed by atoms with Crippen molar-refractivity contribution in [1.29, 1.82) is 0 Å². The first-order valence-electron chi connectivity index (χ1n) is 8.96. The number of hydrogen-bond donors (Lipinski definition) is 0. The monoisotopic (exact) mass is 383 g/mol. The SMILES string of the molecule is CC(C)(C)c1nc(CN2CCCN(c3ccc(C(F)(F)F)cn3)CC2)no1. The summed E-state index contributed by atoms with van der Waals surface area (Å²) >= 11 is 0. The molecule has 0 atom stereocenters. The fourth-order valence-electron chi connectivity index (χ4n) is 2.92. The van der Waals surface area contributed by atoms with Crippen LogP contribution in [0.5, 0.6) is 0 Å². The van der Waals surface area contributed by atoms with E-state index in [1.165, 1.54) is 6.07 Å². The average Bonchev–Trinajstić information content (AvgIpc) is 2.94. The standard InChI is InChI=1S/C18H24F3N5O/c1-17(2,3)16-23-14(24-27-16)12-25-7-4-8-26(10-9-25)15-6-5-13(11-22-15)18(19,20)21/h5-6,11H,4,7-10,12H2,1-3H3. The summed E-state index contributed by atoms with van der Waals surface area (Å²) in [5, 5.41) is 4.06. The third kappa shape index (κ3) is 4.97. The number of rotatable bonds is 3. The second-order valence-electron chi connectivity index (χ2n) is 7.79. The molecular formula is C18H24F3N5O. The Hall–Kier alpha value is -2.16. The van der Waals surface area contributed by atoms with E-state index < -0.39 is 11.7 Å². The van der Waals surface area contributed by atoms with Gasteiger partial charge >= 0.3 is 6.18 Å². The van der Waals surface area contributed by atoms with Crippen LogP contribution in [-0.2, 0) is 18.1 Å². The molecule has 0 spiro atoms. The molecule has 0 N–H and O–H groups in total. The highest BCUT2D eigenvalue weighted by atomic mass is 19.4. The van der Waals surface area contributed by atoms with E-state index in [0.29, 0.717) is 30.6 Å². The van der Waals surface area contributed by atoms with Crippen molar-refractivity contribution in [2.75, 3.05) is 31.1 Å². The van der Waals surface area contributed by atoms with Crippen molar-refractivity contribution >= 4 is 5.82 Å². The van der Waals surface area contributed by atoms with Crippen LogP contribution in [0.2, 0.25) is 0 Å². The van der Waals surface area contributed by atoms with Gasteiger partial charge in [0.05, 0.1) is 12.1 Å². The van der Waals surface area contributed by atoms with E-state index in [4.69, 9.17) is 4.52 Å². The molecule has 1 aliphatic heterocycles. The molecule has 1 saturated heterocycles. The van der Waals surface area contributed by atoms with Crippen molar-refractivity contribution < 1.29 is 17.7 Å². The third-order valence-corrected chi connectivity index (χ3v) is 4.46. The Bertz CT molecular complexity index is 752. The van der Waals surface area contributed by atoms with E-state index in [1.807, 2.05) is 25.7 Å². The van der Waals surface area contributed by atoms with E-state index in [0.717, 1.165) is 38.3 Å². The maximum Gasteiger partial charge on any atom is 0.417 e. The number of pyridine rings is 1. The van der Waals surface area contributed by atoms with Crippen LogP contribution in [-0.4, -0.2) is 46.2 Å². The molecule has 0 amide bonds. The van der Waals surface area contributed by atoms with Gasteiger partial charge in [0.2, 0.25) is 5.89 Å². The molecule has 27 heavy (non-hydrogen) atoms. The minimum absolute atomic E-state index is 0.185. The van der Waals surface area contributed by atoms with Crippen LogP contribution in [0.25, 0.3) is 0 Å². The Morgan fingerprint density at radius 2 is 1.85 bits per heavy atom. The van der Waals surface area contributed by atoms with Gasteiger partial charge in [0.1, 0.15) is 5.82 Å². The molecule has 0 bridgehead atoms. The lowest BCUT2D eigenvalue weighted by molar-refractivity contribution is -0.137. The highest BCUT2D eigenvalue weighted by Gasteiger charge is 2.31. The summed E-state index contributed by atoms with van der Waals surface area (Å²) in [7, 11) is 0. The number of anilines is 1. The maximum atomic E-state index is 12.7. The number of aromatic nitrogens is 3. The summed E-state index contributed by atoms with van der Waals surface area (Å²) in [5.41, 5.74) is -0.913. The second kappa shape index (κ2) is 7.46. The lowest BCUT2D eigenvalue weighted by Gasteiger charge is -2.22. The molecule has 2 aromatic heterocycles. The lowest BCUT2D eigenvalue weighted by atomic mass is 9.97. The summed E-state index contributed by atoms with van der Waals surface area (Å²) in [4.78, 5) is 12.7. The Labute approximate surface area is 156 Å². The minimum atomic E-state index is -4.36. The normalized spacial score (nSPS) is 17.2. The average molecular weight is 383 g/mol. The first-order chi connectivity index (χ1) is 12.6. The lowest BCUT2D eigenvalue weighted by Crippen LogP contribution is -2.31. The van der Waals surface area contributed by atoms with Crippen molar-refractivity contribution in [3.63, 3.8) is 0 Å². The van der Waals surface area contributed by atoms with Crippen LogP contribution in [0.15, 0.2) is 22.9 Å². The Morgan fingerprint density at radius 3 is 2.44 bits per heavy atom. The summed E-state index contributed by atoms with van der Waals surface area (Å²) in [6, 6.07) is 2.52. The molecule has 0 unspecified atom stereocenters. The quantitative estimate of drug-likeness (QED) is 0.809. The molecule has 148 valence electrons. The van der Waals surface area contributed by atoms with Crippen molar-refractivity contribution in [2.24, 2.45) is 0 Å². The molecule has 9 heteroatoms. The highest BCUT2D eigenvalue weighted by Crippen LogP contribution is 2.29. The van der Waals surface area contributed by atoms with E-state index in [1.54, 1.807) is 0 Å². The molecule has 0 aliphatic carbocycles. The van der Waals surface area contributed by atoms with E-state index in [2.05, 4.69) is 20.0 Å². The maximum absolute atomic E-state index is 12.7. The van der Waals surface area contributed by atoms with Crippen molar-refractivity contribution in [3.05, 3.63) is 35.6 Å².